The monoisotopic (exact) mass is 301 g/mol. The average molecular weight is 302 g/mol. The van der Waals surface area contributed by atoms with Crippen molar-refractivity contribution in [3.05, 3.63) is 53.2 Å². The number of aromatic nitrogens is 1. The average Bonchev–Trinajstić information content (AvgIpc) is 2.49. The largest absolute Gasteiger partial charge is 0.339 e. The Hall–Kier alpha value is -2.07. The molecule has 0 spiro atoms. The fourth-order valence-electron chi connectivity index (χ4n) is 2.61. The minimum absolute atomic E-state index is 0.0203. The van der Waals surface area contributed by atoms with Crippen molar-refractivity contribution in [2.24, 2.45) is 0 Å². The van der Waals surface area contributed by atoms with E-state index in [-0.39, 0.29) is 11.9 Å². The van der Waals surface area contributed by atoms with Crippen molar-refractivity contribution in [2.45, 2.75) is 25.9 Å². The SMILES string of the molecule is CCC1C(=O)Nc2cccnc2N1Cc1ccc(Cl)cc1. The molecule has 1 aliphatic heterocycles. The van der Waals surface area contributed by atoms with E-state index in [0.717, 1.165) is 23.5 Å². The molecule has 108 valence electrons. The molecule has 1 unspecified atom stereocenters. The number of carbonyl (C=O) groups excluding carboxylic acids is 1. The molecule has 1 aromatic heterocycles. The second kappa shape index (κ2) is 5.74. The second-order valence-electron chi connectivity index (χ2n) is 5.04. The van der Waals surface area contributed by atoms with Gasteiger partial charge in [0.2, 0.25) is 5.91 Å². The zero-order valence-corrected chi connectivity index (χ0v) is 12.5. The molecule has 5 heteroatoms. The van der Waals surface area contributed by atoms with Gasteiger partial charge in [0.15, 0.2) is 5.82 Å². The van der Waals surface area contributed by atoms with E-state index in [0.29, 0.717) is 11.6 Å². The lowest BCUT2D eigenvalue weighted by Gasteiger charge is -2.36. The van der Waals surface area contributed by atoms with Crippen LogP contribution in [0.3, 0.4) is 0 Å². The number of nitrogens with zero attached hydrogens (tertiary/aromatic N) is 2. The van der Waals surface area contributed by atoms with E-state index in [4.69, 9.17) is 11.6 Å². The maximum absolute atomic E-state index is 12.2. The van der Waals surface area contributed by atoms with Gasteiger partial charge < -0.3 is 10.2 Å². The second-order valence-corrected chi connectivity index (χ2v) is 5.48. The molecule has 2 aromatic rings. The fraction of sp³-hybridized carbons (Fsp3) is 0.250. The number of amides is 1. The number of carbonyl (C=O) groups is 1. The molecule has 4 nitrogen and oxygen atoms in total. The van der Waals surface area contributed by atoms with Gasteiger partial charge in [-0.15, -0.1) is 0 Å². The minimum Gasteiger partial charge on any atom is -0.339 e. The first kappa shape index (κ1) is 13.9. The Morgan fingerprint density at radius 1 is 1.29 bits per heavy atom. The topological polar surface area (TPSA) is 45.2 Å². The van der Waals surface area contributed by atoms with Crippen LogP contribution < -0.4 is 10.2 Å². The van der Waals surface area contributed by atoms with E-state index in [2.05, 4.69) is 15.2 Å². The molecule has 0 saturated carbocycles. The smallest absolute Gasteiger partial charge is 0.247 e. The van der Waals surface area contributed by atoms with E-state index in [9.17, 15) is 4.79 Å². The molecule has 1 aliphatic rings. The van der Waals surface area contributed by atoms with Crippen LogP contribution in [0.1, 0.15) is 18.9 Å². The van der Waals surface area contributed by atoms with Gasteiger partial charge in [0.05, 0.1) is 5.69 Å². The first-order valence-corrected chi connectivity index (χ1v) is 7.34. The number of hydrogen-bond donors (Lipinski definition) is 1. The van der Waals surface area contributed by atoms with Crippen molar-refractivity contribution >= 4 is 29.0 Å². The summed E-state index contributed by atoms with van der Waals surface area (Å²) < 4.78 is 0. The summed E-state index contributed by atoms with van der Waals surface area (Å²) in [6.07, 6.45) is 2.48. The predicted molar refractivity (Wildman–Crippen MR) is 84.6 cm³/mol. The van der Waals surface area contributed by atoms with Gasteiger partial charge in [-0.2, -0.15) is 0 Å². The summed E-state index contributed by atoms with van der Waals surface area (Å²) in [5.41, 5.74) is 1.87. The molecule has 0 bridgehead atoms. The molecule has 1 aromatic carbocycles. The summed E-state index contributed by atoms with van der Waals surface area (Å²) >= 11 is 5.92. The third-order valence-electron chi connectivity index (χ3n) is 3.65. The van der Waals surface area contributed by atoms with E-state index < -0.39 is 0 Å². The quantitative estimate of drug-likeness (QED) is 0.944. The highest BCUT2D eigenvalue weighted by atomic mass is 35.5. The number of fused-ring (bicyclic) bond motifs is 1. The van der Waals surface area contributed by atoms with Gasteiger partial charge in [-0.25, -0.2) is 4.98 Å². The summed E-state index contributed by atoms with van der Waals surface area (Å²) in [7, 11) is 0. The number of benzene rings is 1. The van der Waals surface area contributed by atoms with Gasteiger partial charge in [-0.3, -0.25) is 4.79 Å². The molecule has 3 rings (SSSR count). The highest BCUT2D eigenvalue weighted by Crippen LogP contribution is 2.31. The lowest BCUT2D eigenvalue weighted by molar-refractivity contribution is -0.117. The van der Waals surface area contributed by atoms with Crippen LogP contribution in [0.2, 0.25) is 5.02 Å². The first-order valence-electron chi connectivity index (χ1n) is 6.96. The maximum atomic E-state index is 12.2. The Labute approximate surface area is 128 Å². The summed E-state index contributed by atoms with van der Waals surface area (Å²) in [5.74, 6) is 0.839. The van der Waals surface area contributed by atoms with Crippen LogP contribution in [0.25, 0.3) is 0 Å². The van der Waals surface area contributed by atoms with Crippen LogP contribution in [0.15, 0.2) is 42.6 Å². The van der Waals surface area contributed by atoms with Crippen molar-refractivity contribution in [1.82, 2.24) is 4.98 Å². The molecule has 1 amide bonds. The first-order chi connectivity index (χ1) is 10.2. The van der Waals surface area contributed by atoms with Crippen LogP contribution in [-0.4, -0.2) is 16.9 Å². The Morgan fingerprint density at radius 3 is 2.76 bits per heavy atom. The van der Waals surface area contributed by atoms with Gasteiger partial charge >= 0.3 is 0 Å². The minimum atomic E-state index is -0.205. The number of halogens is 1. The van der Waals surface area contributed by atoms with Crippen molar-refractivity contribution in [3.8, 4) is 0 Å². The van der Waals surface area contributed by atoms with Crippen molar-refractivity contribution in [1.29, 1.82) is 0 Å². The molecule has 21 heavy (non-hydrogen) atoms. The van der Waals surface area contributed by atoms with Crippen molar-refractivity contribution in [2.75, 3.05) is 10.2 Å². The lowest BCUT2D eigenvalue weighted by atomic mass is 10.1. The zero-order valence-electron chi connectivity index (χ0n) is 11.7. The van der Waals surface area contributed by atoms with E-state index >= 15 is 0 Å². The number of nitrogens with one attached hydrogen (secondary N) is 1. The van der Waals surface area contributed by atoms with Crippen LogP contribution in [-0.2, 0) is 11.3 Å². The van der Waals surface area contributed by atoms with Gasteiger partial charge in [-0.05, 0) is 36.2 Å². The normalized spacial score (nSPS) is 17.3. The Morgan fingerprint density at radius 2 is 2.05 bits per heavy atom. The number of anilines is 2. The van der Waals surface area contributed by atoms with Gasteiger partial charge in [0.25, 0.3) is 0 Å². The summed E-state index contributed by atoms with van der Waals surface area (Å²) in [6, 6.07) is 11.2. The van der Waals surface area contributed by atoms with E-state index in [1.807, 2.05) is 43.3 Å². The van der Waals surface area contributed by atoms with Crippen LogP contribution in [0, 0.1) is 0 Å². The van der Waals surface area contributed by atoms with Crippen LogP contribution in [0.5, 0.6) is 0 Å². The van der Waals surface area contributed by atoms with Gasteiger partial charge in [0, 0.05) is 17.8 Å². The van der Waals surface area contributed by atoms with Crippen molar-refractivity contribution in [3.63, 3.8) is 0 Å². The molecule has 0 radical (unpaired) electrons. The number of rotatable bonds is 3. The number of hydrogen-bond acceptors (Lipinski definition) is 3. The van der Waals surface area contributed by atoms with Crippen molar-refractivity contribution < 1.29 is 4.79 Å². The van der Waals surface area contributed by atoms with Gasteiger partial charge in [-0.1, -0.05) is 30.7 Å². The van der Waals surface area contributed by atoms with Crippen LogP contribution >= 0.6 is 11.6 Å². The summed E-state index contributed by atoms with van der Waals surface area (Å²) in [6.45, 7) is 2.64. The third-order valence-corrected chi connectivity index (χ3v) is 3.90. The lowest BCUT2D eigenvalue weighted by Crippen LogP contribution is -2.47. The molecule has 2 heterocycles. The standard InChI is InChI=1S/C16H16ClN3O/c1-2-14-16(21)19-13-4-3-9-18-15(13)20(14)10-11-5-7-12(17)8-6-11/h3-9,14H,2,10H2,1H3,(H,19,21). The van der Waals surface area contributed by atoms with Crippen LogP contribution in [0.4, 0.5) is 11.5 Å². The summed E-state index contributed by atoms with van der Waals surface area (Å²) in [5, 5.41) is 3.63. The van der Waals surface area contributed by atoms with E-state index in [1.165, 1.54) is 0 Å². The molecule has 0 fully saturated rings. The molecule has 0 saturated heterocycles. The summed E-state index contributed by atoms with van der Waals surface area (Å²) in [4.78, 5) is 18.7. The van der Waals surface area contributed by atoms with E-state index in [1.54, 1.807) is 6.20 Å². The molecule has 1 atom stereocenters. The molecule has 1 N–H and O–H groups in total. The fourth-order valence-corrected chi connectivity index (χ4v) is 2.73. The third kappa shape index (κ3) is 2.72. The molecular formula is C16H16ClN3O. The Balaban J connectivity index is 1.96. The number of pyridine rings is 1. The Bertz CT molecular complexity index is 657. The molecule has 0 aliphatic carbocycles. The Kier molecular flexibility index (Phi) is 3.80. The molecular weight excluding hydrogens is 286 g/mol. The highest BCUT2D eigenvalue weighted by Gasteiger charge is 2.32. The highest BCUT2D eigenvalue weighted by molar-refractivity contribution is 6.30. The maximum Gasteiger partial charge on any atom is 0.247 e. The van der Waals surface area contributed by atoms with Gasteiger partial charge in [0.1, 0.15) is 6.04 Å². The zero-order chi connectivity index (χ0) is 14.8. The predicted octanol–water partition coefficient (Wildman–Crippen LogP) is 3.47.